The molecule has 6 nitrogen and oxygen atoms in total. The van der Waals surface area contributed by atoms with E-state index in [4.69, 9.17) is 30.9 Å². The molecule has 0 spiro atoms. The molecule has 0 unspecified atom stereocenters. The van der Waals surface area contributed by atoms with Crippen LogP contribution >= 0.6 is 11.6 Å². The van der Waals surface area contributed by atoms with Gasteiger partial charge in [0.15, 0.2) is 0 Å². The topological polar surface area (TPSA) is 60.1 Å². The fourth-order valence-corrected chi connectivity index (χ4v) is 4.78. The molecule has 274 valence electrons. The van der Waals surface area contributed by atoms with Crippen LogP contribution in [0.2, 0.25) is 5.02 Å². The Morgan fingerprint density at radius 3 is 1.66 bits per heavy atom. The summed E-state index contributed by atoms with van der Waals surface area (Å²) >= 11 is 5.80. The maximum absolute atomic E-state index is 13.5. The Morgan fingerprint density at radius 2 is 1.22 bits per heavy atom. The average molecular weight is 775 g/mol. The number of halogens is 3. The van der Waals surface area contributed by atoms with Gasteiger partial charge in [-0.2, -0.15) is 5.10 Å². The van der Waals surface area contributed by atoms with Crippen LogP contribution in [0.25, 0.3) is 0 Å². The number of aryl methyl sites for hydroxylation is 1. The first kappa shape index (κ1) is 45.3. The molecule has 9 heteroatoms. The summed E-state index contributed by atoms with van der Waals surface area (Å²) in [7, 11) is 0. The quantitative estimate of drug-likeness (QED) is 0.451. The van der Waals surface area contributed by atoms with Gasteiger partial charge in [-0.15, -0.1) is 19.3 Å². The van der Waals surface area contributed by atoms with Gasteiger partial charge in [-0.05, 0) is 162 Å². The van der Waals surface area contributed by atoms with Gasteiger partial charge in [-0.25, -0.2) is 18.3 Å². The van der Waals surface area contributed by atoms with Crippen LogP contribution in [-0.2, 0) is 17.8 Å². The SMILES string of the molecule is C#CC#CC#C.C#CC#CC#CC#CC#CC#CC#CC#CC#CC#CC#CC#CC.O=C([C@@H]1CCCc2nn(Cc3ccc(F)c(Cl)c3)c(=O)n21)N1CC[C@H](F)C1. The molecule has 4 rings (SSSR count). The maximum Gasteiger partial charge on any atom is 0.346 e. The minimum atomic E-state index is -1.00. The van der Waals surface area contributed by atoms with Gasteiger partial charge in [0.2, 0.25) is 5.91 Å². The van der Waals surface area contributed by atoms with Gasteiger partial charge in [0.05, 0.1) is 18.1 Å². The lowest BCUT2D eigenvalue weighted by atomic mass is 10.0. The van der Waals surface area contributed by atoms with Crippen molar-refractivity contribution in [2.45, 2.75) is 51.4 Å². The van der Waals surface area contributed by atoms with Crippen molar-refractivity contribution in [1.29, 1.82) is 0 Å². The fraction of sp³-hybridized carbons (Fsp3) is 0.204. The number of alkyl halides is 1. The van der Waals surface area contributed by atoms with E-state index in [1.54, 1.807) is 13.0 Å². The second-order valence-electron chi connectivity index (χ2n) is 10.6. The van der Waals surface area contributed by atoms with E-state index in [1.807, 2.05) is 0 Å². The zero-order valence-corrected chi connectivity index (χ0v) is 31.6. The number of benzene rings is 1. The number of amides is 1. The number of carbonyl (C=O) groups excluding carboxylic acids is 1. The fourth-order valence-electron chi connectivity index (χ4n) is 4.57. The lowest BCUT2D eigenvalue weighted by Gasteiger charge is -2.26. The molecule has 2 atom stereocenters. The van der Waals surface area contributed by atoms with Crippen molar-refractivity contribution in [2.24, 2.45) is 0 Å². The van der Waals surface area contributed by atoms with E-state index in [-0.39, 0.29) is 29.7 Å². The van der Waals surface area contributed by atoms with E-state index in [9.17, 15) is 18.4 Å². The highest BCUT2D eigenvalue weighted by molar-refractivity contribution is 6.30. The largest absolute Gasteiger partial charge is 0.346 e. The summed E-state index contributed by atoms with van der Waals surface area (Å²) in [6, 6.07) is 3.60. The van der Waals surface area contributed by atoms with Gasteiger partial charge in [0.1, 0.15) is 23.9 Å². The molecule has 0 radical (unpaired) electrons. The van der Waals surface area contributed by atoms with E-state index in [0.29, 0.717) is 37.2 Å². The summed E-state index contributed by atoms with van der Waals surface area (Å²) in [6.07, 6.45) is 15.5. The van der Waals surface area contributed by atoms with E-state index in [0.717, 1.165) is 6.42 Å². The zero-order valence-electron chi connectivity index (χ0n) is 30.8. The van der Waals surface area contributed by atoms with Crippen molar-refractivity contribution >= 4 is 17.5 Å². The van der Waals surface area contributed by atoms with Crippen molar-refractivity contribution < 1.29 is 13.6 Å². The van der Waals surface area contributed by atoms with Gasteiger partial charge in [0.25, 0.3) is 0 Å². The predicted octanol–water partition coefficient (Wildman–Crippen LogP) is 3.27. The first-order valence-electron chi connectivity index (χ1n) is 16.6. The predicted molar refractivity (Wildman–Crippen MR) is 221 cm³/mol. The molecular weight excluding hydrogens is 750 g/mol. The summed E-state index contributed by atoms with van der Waals surface area (Å²) < 4.78 is 29.5. The second-order valence-corrected chi connectivity index (χ2v) is 11.0. The number of carbonyl (C=O) groups is 1. The Kier molecular flexibility index (Phi) is 21.7. The molecule has 0 aliphatic carbocycles. The van der Waals surface area contributed by atoms with Gasteiger partial charge >= 0.3 is 5.69 Å². The summed E-state index contributed by atoms with van der Waals surface area (Å²) in [4.78, 5) is 27.2. The molecule has 1 fully saturated rings. The standard InChI is InChI=1S/C25H4.C18H19ClF2N4O2.C6H2/c1-3-5-7-9-11-13-15-17-19-21-23-25-24-22-20-18-16-14-12-10-8-6-4-2;19-13-8-11(4-5-14(13)21)9-24-18(27)25-15(2-1-3-16(25)22-24)17(26)23-7-6-12(20)10-23;1-3-5-6-4-2/h1H,2H3;4-5,8,12,15H,1-3,6-7,9-10H2;1-2H/t;12-,15-;/m.0./s1. The van der Waals surface area contributed by atoms with Crippen LogP contribution in [0.15, 0.2) is 23.0 Å². The van der Waals surface area contributed by atoms with Crippen LogP contribution in [0.5, 0.6) is 0 Å². The van der Waals surface area contributed by atoms with Gasteiger partial charge in [0, 0.05) is 48.5 Å². The Balaban J connectivity index is 0.000000352. The minimum absolute atomic E-state index is 0.0209. The summed E-state index contributed by atoms with van der Waals surface area (Å²) in [5.74, 6) is 65.3. The monoisotopic (exact) mass is 774 g/mol. The van der Waals surface area contributed by atoms with Crippen molar-refractivity contribution in [3.05, 3.63) is 50.9 Å². The number of aromatic nitrogens is 3. The average Bonchev–Trinajstić information content (AvgIpc) is 3.81. The number of hydrogen-bond donors (Lipinski definition) is 0. The highest BCUT2D eigenvalue weighted by Gasteiger charge is 2.36. The smallest absolute Gasteiger partial charge is 0.338 e. The van der Waals surface area contributed by atoms with Crippen LogP contribution in [0.1, 0.15) is 43.6 Å². The van der Waals surface area contributed by atoms with E-state index < -0.39 is 18.0 Å². The van der Waals surface area contributed by atoms with Crippen molar-refractivity contribution in [1.82, 2.24) is 19.2 Å². The van der Waals surface area contributed by atoms with Gasteiger partial charge in [-0.1, -0.05) is 23.6 Å². The normalized spacial score (nSPS) is 12.3. The number of rotatable bonds is 3. The van der Waals surface area contributed by atoms with Crippen LogP contribution in [0, 0.1) is 185 Å². The highest BCUT2D eigenvalue weighted by Crippen LogP contribution is 2.26. The highest BCUT2D eigenvalue weighted by atomic mass is 35.5. The molecule has 1 saturated heterocycles. The van der Waals surface area contributed by atoms with Crippen LogP contribution in [0.3, 0.4) is 0 Å². The minimum Gasteiger partial charge on any atom is -0.338 e. The molecule has 2 aliphatic heterocycles. The molecule has 1 aromatic carbocycles. The zero-order chi connectivity index (χ0) is 42.2. The van der Waals surface area contributed by atoms with Crippen LogP contribution < -0.4 is 5.69 Å². The summed E-state index contributed by atoms with van der Waals surface area (Å²) in [6.45, 7) is 2.29. The van der Waals surface area contributed by atoms with Crippen molar-refractivity contribution in [3.63, 3.8) is 0 Å². The summed E-state index contributed by atoms with van der Waals surface area (Å²) in [5.41, 5.74) is 0.251. The number of nitrogens with zero attached hydrogens (tertiary/aromatic N) is 4. The lowest BCUT2D eigenvalue weighted by molar-refractivity contribution is -0.134. The molecule has 58 heavy (non-hydrogen) atoms. The molecule has 2 aromatic rings. The molecule has 0 N–H and O–H groups in total. The Bertz CT molecular complexity index is 2880. The third kappa shape index (κ3) is 17.3. The Hall–Kier alpha value is -8.82. The van der Waals surface area contributed by atoms with Gasteiger partial charge < -0.3 is 4.90 Å². The van der Waals surface area contributed by atoms with E-state index >= 15 is 0 Å². The third-order valence-corrected chi connectivity index (χ3v) is 7.12. The molecule has 2 aliphatic rings. The molecule has 1 amide bonds. The van der Waals surface area contributed by atoms with Crippen molar-refractivity contribution in [3.8, 4) is 179 Å². The van der Waals surface area contributed by atoms with Crippen LogP contribution in [-0.4, -0.2) is 44.4 Å². The van der Waals surface area contributed by atoms with Gasteiger partial charge in [-0.3, -0.25) is 9.36 Å². The third-order valence-electron chi connectivity index (χ3n) is 6.83. The number of hydrogen-bond acceptors (Lipinski definition) is 3. The second kappa shape index (κ2) is 27.7. The molecule has 3 heterocycles. The first-order valence-corrected chi connectivity index (χ1v) is 17.0. The Morgan fingerprint density at radius 1 is 0.759 bits per heavy atom. The van der Waals surface area contributed by atoms with E-state index in [1.165, 1.54) is 26.3 Å². The Labute approximate surface area is 343 Å². The molecule has 1 aromatic heterocycles. The lowest BCUT2D eigenvalue weighted by Crippen LogP contribution is -2.41. The van der Waals surface area contributed by atoms with E-state index in [2.05, 4.69) is 165 Å². The molecule has 0 saturated carbocycles. The molecular formula is C49H25ClF2N4O2. The van der Waals surface area contributed by atoms with Crippen LogP contribution in [0.4, 0.5) is 8.78 Å². The first-order chi connectivity index (χ1) is 28.3. The number of likely N-dealkylation sites (tertiary alicyclic amines) is 1. The summed E-state index contributed by atoms with van der Waals surface area (Å²) in [5, 5.41) is 4.34. The molecule has 0 bridgehead atoms. The van der Waals surface area contributed by atoms with Crippen molar-refractivity contribution in [2.75, 3.05) is 13.1 Å². The number of fused-ring (bicyclic) bond motifs is 1. The maximum atomic E-state index is 13.5. The number of terminal acetylenes is 3.